The van der Waals surface area contributed by atoms with Crippen molar-refractivity contribution in [3.63, 3.8) is 0 Å². The number of ether oxygens (including phenoxy) is 1. The minimum Gasteiger partial charge on any atom is -0.371 e. The molecule has 1 saturated heterocycles. The maximum absolute atomic E-state index is 5.84. The standard InChI is InChI=1S/C11H19N3O/c1-9-6-10(14(2)13-9)8-15-11-4-3-5-12-7-11/h6,11-12H,3-5,7-8H2,1-2H3/t11-/m0/s1. The van der Waals surface area contributed by atoms with Crippen LogP contribution >= 0.6 is 0 Å². The topological polar surface area (TPSA) is 39.1 Å². The Balaban J connectivity index is 1.84. The average Bonchev–Trinajstić information content (AvgIpc) is 2.56. The van der Waals surface area contributed by atoms with E-state index in [1.54, 1.807) is 0 Å². The molecular formula is C11H19N3O. The van der Waals surface area contributed by atoms with Gasteiger partial charge in [-0.1, -0.05) is 0 Å². The Morgan fingerprint density at radius 1 is 1.67 bits per heavy atom. The highest BCUT2D eigenvalue weighted by Crippen LogP contribution is 2.10. The summed E-state index contributed by atoms with van der Waals surface area (Å²) in [5.74, 6) is 0. The van der Waals surface area contributed by atoms with Crippen LogP contribution in [-0.2, 0) is 18.4 Å². The van der Waals surface area contributed by atoms with Crippen molar-refractivity contribution in [3.8, 4) is 0 Å². The molecule has 0 bridgehead atoms. The van der Waals surface area contributed by atoms with Crippen LogP contribution in [0.5, 0.6) is 0 Å². The van der Waals surface area contributed by atoms with E-state index in [2.05, 4.69) is 16.5 Å². The number of nitrogens with one attached hydrogen (secondary N) is 1. The molecule has 1 aromatic heterocycles. The molecule has 1 aliphatic heterocycles. The first kappa shape index (κ1) is 10.6. The molecule has 2 rings (SSSR count). The molecule has 0 radical (unpaired) electrons. The second kappa shape index (κ2) is 4.77. The van der Waals surface area contributed by atoms with Crippen LogP contribution < -0.4 is 5.32 Å². The van der Waals surface area contributed by atoms with Gasteiger partial charge in [0, 0.05) is 13.6 Å². The van der Waals surface area contributed by atoms with Crippen LogP contribution in [0.15, 0.2) is 6.07 Å². The molecule has 4 heteroatoms. The highest BCUT2D eigenvalue weighted by Gasteiger charge is 2.13. The molecule has 2 heterocycles. The Morgan fingerprint density at radius 2 is 2.53 bits per heavy atom. The first-order chi connectivity index (χ1) is 7.25. The predicted molar refractivity (Wildman–Crippen MR) is 58.6 cm³/mol. The molecule has 1 aliphatic rings. The van der Waals surface area contributed by atoms with Crippen LogP contribution in [-0.4, -0.2) is 29.0 Å². The molecule has 0 unspecified atom stereocenters. The van der Waals surface area contributed by atoms with Gasteiger partial charge in [0.05, 0.1) is 24.1 Å². The lowest BCUT2D eigenvalue weighted by Gasteiger charge is -2.22. The lowest BCUT2D eigenvalue weighted by molar-refractivity contribution is 0.0222. The summed E-state index contributed by atoms with van der Waals surface area (Å²) in [6, 6.07) is 2.08. The van der Waals surface area contributed by atoms with E-state index < -0.39 is 0 Å². The number of aromatic nitrogens is 2. The van der Waals surface area contributed by atoms with Crippen molar-refractivity contribution in [3.05, 3.63) is 17.5 Å². The molecule has 1 fully saturated rings. The molecule has 0 aromatic carbocycles. The molecule has 1 aromatic rings. The number of nitrogens with zero attached hydrogens (tertiary/aromatic N) is 2. The van der Waals surface area contributed by atoms with E-state index in [1.165, 1.54) is 12.8 Å². The van der Waals surface area contributed by atoms with Crippen molar-refractivity contribution in [1.82, 2.24) is 15.1 Å². The molecule has 15 heavy (non-hydrogen) atoms. The maximum Gasteiger partial charge on any atom is 0.0889 e. The number of hydrogen-bond acceptors (Lipinski definition) is 3. The minimum atomic E-state index is 0.369. The number of rotatable bonds is 3. The lowest BCUT2D eigenvalue weighted by atomic mass is 10.1. The van der Waals surface area contributed by atoms with E-state index in [4.69, 9.17) is 4.74 Å². The van der Waals surface area contributed by atoms with E-state index in [-0.39, 0.29) is 0 Å². The monoisotopic (exact) mass is 209 g/mol. The molecule has 0 saturated carbocycles. The van der Waals surface area contributed by atoms with Crippen LogP contribution in [0.3, 0.4) is 0 Å². The van der Waals surface area contributed by atoms with Crippen LogP contribution in [0.2, 0.25) is 0 Å². The number of hydrogen-bond donors (Lipinski definition) is 1. The summed E-state index contributed by atoms with van der Waals surface area (Å²) in [4.78, 5) is 0. The summed E-state index contributed by atoms with van der Waals surface area (Å²) in [5.41, 5.74) is 2.20. The molecule has 0 spiro atoms. The van der Waals surface area contributed by atoms with Gasteiger partial charge in [-0.3, -0.25) is 4.68 Å². The van der Waals surface area contributed by atoms with Crippen molar-refractivity contribution in [2.45, 2.75) is 32.5 Å². The Morgan fingerprint density at radius 3 is 3.13 bits per heavy atom. The number of aryl methyl sites for hydroxylation is 2. The summed E-state index contributed by atoms with van der Waals surface area (Å²) < 4.78 is 7.73. The third-order valence-corrected chi connectivity index (χ3v) is 2.82. The van der Waals surface area contributed by atoms with Gasteiger partial charge < -0.3 is 10.1 Å². The quantitative estimate of drug-likeness (QED) is 0.807. The van der Waals surface area contributed by atoms with E-state index in [1.807, 2.05) is 18.7 Å². The molecule has 4 nitrogen and oxygen atoms in total. The van der Waals surface area contributed by atoms with E-state index in [9.17, 15) is 0 Å². The van der Waals surface area contributed by atoms with Crippen molar-refractivity contribution >= 4 is 0 Å². The first-order valence-corrected chi connectivity index (χ1v) is 5.57. The van der Waals surface area contributed by atoms with Crippen LogP contribution in [0.4, 0.5) is 0 Å². The fourth-order valence-electron chi connectivity index (χ4n) is 1.96. The van der Waals surface area contributed by atoms with Gasteiger partial charge in [-0.05, 0) is 32.4 Å². The zero-order chi connectivity index (χ0) is 10.7. The van der Waals surface area contributed by atoms with Crippen molar-refractivity contribution in [2.24, 2.45) is 7.05 Å². The van der Waals surface area contributed by atoms with Crippen LogP contribution in [0.1, 0.15) is 24.2 Å². The summed E-state index contributed by atoms with van der Waals surface area (Å²) >= 11 is 0. The van der Waals surface area contributed by atoms with Gasteiger partial charge in [-0.15, -0.1) is 0 Å². The van der Waals surface area contributed by atoms with Gasteiger partial charge in [0.15, 0.2) is 0 Å². The molecule has 0 amide bonds. The fraction of sp³-hybridized carbons (Fsp3) is 0.727. The van der Waals surface area contributed by atoms with Gasteiger partial charge >= 0.3 is 0 Å². The van der Waals surface area contributed by atoms with Gasteiger partial charge in [0.1, 0.15) is 0 Å². The average molecular weight is 209 g/mol. The normalized spacial score (nSPS) is 21.9. The third-order valence-electron chi connectivity index (χ3n) is 2.82. The maximum atomic E-state index is 5.84. The molecular weight excluding hydrogens is 190 g/mol. The summed E-state index contributed by atoms with van der Waals surface area (Å²) in [7, 11) is 1.96. The largest absolute Gasteiger partial charge is 0.371 e. The lowest BCUT2D eigenvalue weighted by Crippen LogP contribution is -2.35. The Labute approximate surface area is 90.6 Å². The zero-order valence-electron chi connectivity index (χ0n) is 9.49. The Kier molecular flexibility index (Phi) is 3.38. The molecule has 1 N–H and O–H groups in total. The molecule has 84 valence electrons. The highest BCUT2D eigenvalue weighted by molar-refractivity contribution is 5.07. The summed E-state index contributed by atoms with van der Waals surface area (Å²) in [6.07, 6.45) is 2.76. The van der Waals surface area contributed by atoms with Gasteiger partial charge in [-0.2, -0.15) is 5.10 Å². The Bertz CT molecular complexity index is 316. The highest BCUT2D eigenvalue weighted by atomic mass is 16.5. The fourth-order valence-corrected chi connectivity index (χ4v) is 1.96. The zero-order valence-corrected chi connectivity index (χ0v) is 9.49. The summed E-state index contributed by atoms with van der Waals surface area (Å²) in [5, 5.41) is 7.64. The van der Waals surface area contributed by atoms with Gasteiger partial charge in [0.2, 0.25) is 0 Å². The molecule has 1 atom stereocenters. The van der Waals surface area contributed by atoms with E-state index in [0.29, 0.717) is 12.7 Å². The second-order valence-corrected chi connectivity index (χ2v) is 4.18. The smallest absolute Gasteiger partial charge is 0.0889 e. The van der Waals surface area contributed by atoms with Crippen molar-refractivity contribution in [2.75, 3.05) is 13.1 Å². The van der Waals surface area contributed by atoms with E-state index in [0.717, 1.165) is 24.5 Å². The second-order valence-electron chi connectivity index (χ2n) is 4.18. The Hall–Kier alpha value is -0.870. The SMILES string of the molecule is Cc1cc(CO[C@H]2CCCNC2)n(C)n1. The number of piperidine rings is 1. The first-order valence-electron chi connectivity index (χ1n) is 5.57. The van der Waals surface area contributed by atoms with E-state index >= 15 is 0 Å². The molecule has 0 aliphatic carbocycles. The van der Waals surface area contributed by atoms with Crippen molar-refractivity contribution in [1.29, 1.82) is 0 Å². The van der Waals surface area contributed by atoms with Crippen LogP contribution in [0.25, 0.3) is 0 Å². The minimum absolute atomic E-state index is 0.369. The summed E-state index contributed by atoms with van der Waals surface area (Å²) in [6.45, 7) is 4.79. The predicted octanol–water partition coefficient (Wildman–Crippen LogP) is 0.997. The van der Waals surface area contributed by atoms with Gasteiger partial charge in [-0.25, -0.2) is 0 Å². The third kappa shape index (κ3) is 2.79. The van der Waals surface area contributed by atoms with Gasteiger partial charge in [0.25, 0.3) is 0 Å². The van der Waals surface area contributed by atoms with Crippen molar-refractivity contribution < 1.29 is 4.74 Å². The van der Waals surface area contributed by atoms with Crippen LogP contribution in [0, 0.1) is 6.92 Å².